The SMILES string of the molecule is CC[C@H](C(=O)N[C@@H](C)CC)N(Cc1ccc(F)cc1)C(=O)CN(c1cccc(C)c1)S(=O)(=O)c1ccc(Cl)cc1. The minimum absolute atomic E-state index is 0.00576. The average molecular weight is 588 g/mol. The van der Waals surface area contributed by atoms with E-state index in [4.69, 9.17) is 11.6 Å². The Labute approximate surface area is 241 Å². The van der Waals surface area contributed by atoms with E-state index in [2.05, 4.69) is 5.32 Å². The summed E-state index contributed by atoms with van der Waals surface area (Å²) >= 11 is 5.99. The Morgan fingerprint density at radius 3 is 2.20 bits per heavy atom. The van der Waals surface area contributed by atoms with Crippen molar-refractivity contribution in [2.24, 2.45) is 0 Å². The molecule has 7 nitrogen and oxygen atoms in total. The molecule has 0 unspecified atom stereocenters. The van der Waals surface area contributed by atoms with Crippen molar-refractivity contribution >= 4 is 39.1 Å². The lowest BCUT2D eigenvalue weighted by Crippen LogP contribution is -2.53. The summed E-state index contributed by atoms with van der Waals surface area (Å²) in [5, 5.41) is 3.30. The number of benzene rings is 3. The summed E-state index contributed by atoms with van der Waals surface area (Å²) in [7, 11) is -4.19. The molecule has 0 aliphatic carbocycles. The Morgan fingerprint density at radius 1 is 0.975 bits per heavy atom. The molecule has 0 aromatic heterocycles. The molecule has 2 amide bonds. The number of amides is 2. The van der Waals surface area contributed by atoms with Crippen molar-refractivity contribution in [3.8, 4) is 0 Å². The van der Waals surface area contributed by atoms with Gasteiger partial charge in [0.1, 0.15) is 18.4 Å². The van der Waals surface area contributed by atoms with Crippen LogP contribution in [0.2, 0.25) is 5.02 Å². The highest BCUT2D eigenvalue weighted by molar-refractivity contribution is 7.92. The fourth-order valence-corrected chi connectivity index (χ4v) is 5.72. The van der Waals surface area contributed by atoms with Crippen LogP contribution in [-0.2, 0) is 26.2 Å². The first-order chi connectivity index (χ1) is 19.0. The predicted octanol–water partition coefficient (Wildman–Crippen LogP) is 5.70. The second-order valence-electron chi connectivity index (χ2n) is 9.69. The standard InChI is InChI=1S/C30H35ClFN3O4S/c1-5-22(4)33-30(37)28(6-2)34(19-23-10-14-25(32)15-11-23)29(36)20-35(26-9-7-8-21(3)18-26)40(38,39)27-16-12-24(31)13-17-27/h7-18,22,28H,5-6,19-20H2,1-4H3,(H,33,37)/t22-,28+/m0/s1. The molecule has 3 aromatic carbocycles. The Balaban J connectivity index is 2.05. The molecule has 3 aromatic rings. The lowest BCUT2D eigenvalue weighted by atomic mass is 10.1. The summed E-state index contributed by atoms with van der Waals surface area (Å²) in [6.45, 7) is 6.86. The number of nitrogens with zero attached hydrogens (tertiary/aromatic N) is 2. The van der Waals surface area contributed by atoms with Crippen LogP contribution in [-0.4, -0.2) is 43.8 Å². The number of anilines is 1. The average Bonchev–Trinajstić information content (AvgIpc) is 2.92. The van der Waals surface area contributed by atoms with Crippen LogP contribution in [0.3, 0.4) is 0 Å². The van der Waals surface area contributed by atoms with E-state index in [1.165, 1.54) is 53.4 Å². The maximum absolute atomic E-state index is 14.0. The van der Waals surface area contributed by atoms with Crippen molar-refractivity contribution in [3.63, 3.8) is 0 Å². The van der Waals surface area contributed by atoms with Gasteiger partial charge >= 0.3 is 0 Å². The summed E-state index contributed by atoms with van der Waals surface area (Å²) in [6.07, 6.45) is 0.998. The van der Waals surface area contributed by atoms with Crippen molar-refractivity contribution in [1.29, 1.82) is 0 Å². The number of aryl methyl sites for hydroxylation is 1. The topological polar surface area (TPSA) is 86.8 Å². The van der Waals surface area contributed by atoms with E-state index in [-0.39, 0.29) is 23.4 Å². The molecule has 0 saturated heterocycles. The molecule has 0 bridgehead atoms. The monoisotopic (exact) mass is 587 g/mol. The number of carbonyl (C=O) groups excluding carboxylic acids is 2. The highest BCUT2D eigenvalue weighted by atomic mass is 35.5. The summed E-state index contributed by atoms with van der Waals surface area (Å²) in [5.41, 5.74) is 1.72. The zero-order valence-corrected chi connectivity index (χ0v) is 24.7. The van der Waals surface area contributed by atoms with Gasteiger partial charge in [-0.25, -0.2) is 12.8 Å². The lowest BCUT2D eigenvalue weighted by molar-refractivity contribution is -0.140. The van der Waals surface area contributed by atoms with Crippen molar-refractivity contribution < 1.29 is 22.4 Å². The van der Waals surface area contributed by atoms with Gasteiger partial charge < -0.3 is 10.2 Å². The fourth-order valence-electron chi connectivity index (χ4n) is 4.19. The molecule has 0 fully saturated rings. The highest BCUT2D eigenvalue weighted by Gasteiger charge is 2.34. The number of nitrogens with one attached hydrogen (secondary N) is 1. The predicted molar refractivity (Wildman–Crippen MR) is 156 cm³/mol. The Morgan fingerprint density at radius 2 is 1.62 bits per heavy atom. The molecule has 0 radical (unpaired) electrons. The molecule has 10 heteroatoms. The summed E-state index contributed by atoms with van der Waals surface area (Å²) in [5.74, 6) is -1.34. The molecule has 2 atom stereocenters. The maximum atomic E-state index is 14.0. The van der Waals surface area contributed by atoms with Crippen LogP contribution in [0.5, 0.6) is 0 Å². The van der Waals surface area contributed by atoms with Gasteiger partial charge in [0.2, 0.25) is 11.8 Å². The minimum Gasteiger partial charge on any atom is -0.352 e. The van der Waals surface area contributed by atoms with E-state index < -0.39 is 34.3 Å². The van der Waals surface area contributed by atoms with Gasteiger partial charge in [0.15, 0.2) is 0 Å². The molecule has 3 rings (SSSR count). The fraction of sp³-hybridized carbons (Fsp3) is 0.333. The molecular weight excluding hydrogens is 553 g/mol. The Hall–Kier alpha value is -3.43. The van der Waals surface area contributed by atoms with Gasteiger partial charge in [0, 0.05) is 17.6 Å². The second kappa shape index (κ2) is 13.8. The van der Waals surface area contributed by atoms with Gasteiger partial charge in [0.25, 0.3) is 10.0 Å². The first kappa shape index (κ1) is 31.1. The number of hydrogen-bond acceptors (Lipinski definition) is 4. The molecular formula is C30H35ClFN3O4S. The van der Waals surface area contributed by atoms with Crippen LogP contribution in [0.25, 0.3) is 0 Å². The molecule has 1 N–H and O–H groups in total. The van der Waals surface area contributed by atoms with Crippen LogP contribution >= 0.6 is 11.6 Å². The third kappa shape index (κ3) is 7.82. The second-order valence-corrected chi connectivity index (χ2v) is 12.0. The lowest BCUT2D eigenvalue weighted by Gasteiger charge is -2.33. The van der Waals surface area contributed by atoms with Gasteiger partial charge in [-0.1, -0.05) is 49.7 Å². The molecule has 0 aliphatic rings. The minimum atomic E-state index is -4.19. The highest BCUT2D eigenvalue weighted by Crippen LogP contribution is 2.26. The van der Waals surface area contributed by atoms with Crippen molar-refractivity contribution in [2.75, 3.05) is 10.8 Å². The van der Waals surface area contributed by atoms with E-state index >= 15 is 0 Å². The summed E-state index contributed by atoms with van der Waals surface area (Å²) < 4.78 is 42.4. The van der Waals surface area contributed by atoms with Gasteiger partial charge in [-0.2, -0.15) is 0 Å². The van der Waals surface area contributed by atoms with Crippen LogP contribution in [0.15, 0.2) is 77.7 Å². The number of rotatable bonds is 12. The molecule has 0 heterocycles. The zero-order valence-electron chi connectivity index (χ0n) is 23.1. The number of hydrogen-bond donors (Lipinski definition) is 1. The van der Waals surface area contributed by atoms with E-state index in [9.17, 15) is 22.4 Å². The third-order valence-electron chi connectivity index (χ3n) is 6.62. The molecule has 40 heavy (non-hydrogen) atoms. The van der Waals surface area contributed by atoms with E-state index in [0.717, 1.165) is 9.87 Å². The largest absolute Gasteiger partial charge is 0.352 e. The van der Waals surface area contributed by atoms with Crippen LogP contribution in [0.1, 0.15) is 44.7 Å². The summed E-state index contributed by atoms with van der Waals surface area (Å²) in [6, 6.07) is 17.2. The maximum Gasteiger partial charge on any atom is 0.264 e. The smallest absolute Gasteiger partial charge is 0.264 e. The van der Waals surface area contributed by atoms with Crippen molar-refractivity contribution in [2.45, 2.75) is 64.1 Å². The normalized spacial score (nSPS) is 12.8. The zero-order chi connectivity index (χ0) is 29.4. The van der Waals surface area contributed by atoms with Gasteiger partial charge in [-0.15, -0.1) is 0 Å². The Bertz CT molecular complexity index is 1420. The molecule has 214 valence electrons. The van der Waals surface area contributed by atoms with Crippen LogP contribution in [0.4, 0.5) is 10.1 Å². The molecule has 0 aliphatic heterocycles. The van der Waals surface area contributed by atoms with E-state index in [1.807, 2.05) is 26.8 Å². The quantitative estimate of drug-likeness (QED) is 0.294. The van der Waals surface area contributed by atoms with Crippen LogP contribution in [0, 0.1) is 12.7 Å². The first-order valence-electron chi connectivity index (χ1n) is 13.2. The van der Waals surface area contributed by atoms with Gasteiger partial charge in [-0.05, 0) is 86.3 Å². The molecule has 0 spiro atoms. The number of carbonyl (C=O) groups is 2. The number of sulfonamides is 1. The van der Waals surface area contributed by atoms with Crippen LogP contribution < -0.4 is 9.62 Å². The van der Waals surface area contributed by atoms with E-state index in [0.29, 0.717) is 29.1 Å². The van der Waals surface area contributed by atoms with Crippen molar-refractivity contribution in [1.82, 2.24) is 10.2 Å². The summed E-state index contributed by atoms with van der Waals surface area (Å²) in [4.78, 5) is 28.6. The Kier molecular flexibility index (Phi) is 10.7. The number of halogens is 2. The third-order valence-corrected chi connectivity index (χ3v) is 8.66. The van der Waals surface area contributed by atoms with Crippen molar-refractivity contribution in [3.05, 3.63) is 94.8 Å². The van der Waals surface area contributed by atoms with Gasteiger partial charge in [0.05, 0.1) is 10.6 Å². The molecule has 0 saturated carbocycles. The van der Waals surface area contributed by atoms with Gasteiger partial charge in [-0.3, -0.25) is 13.9 Å². The van der Waals surface area contributed by atoms with E-state index in [1.54, 1.807) is 25.1 Å². The first-order valence-corrected chi connectivity index (χ1v) is 15.0.